The number of aromatic nitrogens is 2. The SMILES string of the molecule is CCc1ccc(NC(=O)C2CC(=O)N(c3cccc(-c4noc(-c5cccs5)n4)c3)C2)cc1. The molecule has 4 aromatic rings. The molecule has 0 bridgehead atoms. The predicted octanol–water partition coefficient (Wildman–Crippen LogP) is 5.02. The largest absolute Gasteiger partial charge is 0.333 e. The molecule has 1 fully saturated rings. The molecule has 1 N–H and O–H groups in total. The Morgan fingerprint density at radius 1 is 1.18 bits per heavy atom. The van der Waals surface area contributed by atoms with E-state index in [1.165, 1.54) is 16.9 Å². The van der Waals surface area contributed by atoms with Crippen LogP contribution in [0, 0.1) is 5.92 Å². The number of thiophene rings is 1. The molecule has 1 unspecified atom stereocenters. The number of aryl methyl sites for hydroxylation is 1. The van der Waals surface area contributed by atoms with E-state index >= 15 is 0 Å². The summed E-state index contributed by atoms with van der Waals surface area (Å²) in [6.45, 7) is 2.41. The number of nitrogens with zero attached hydrogens (tertiary/aromatic N) is 3. The smallest absolute Gasteiger partial charge is 0.268 e. The Hall–Kier alpha value is -3.78. The van der Waals surface area contributed by atoms with E-state index in [1.54, 1.807) is 4.90 Å². The van der Waals surface area contributed by atoms with Gasteiger partial charge < -0.3 is 14.7 Å². The summed E-state index contributed by atoms with van der Waals surface area (Å²) >= 11 is 1.53. The van der Waals surface area contributed by atoms with Gasteiger partial charge in [-0.25, -0.2) is 0 Å². The minimum absolute atomic E-state index is 0.0824. The zero-order valence-corrected chi connectivity index (χ0v) is 18.8. The van der Waals surface area contributed by atoms with Gasteiger partial charge in [0.05, 0.1) is 10.8 Å². The first-order chi connectivity index (χ1) is 16.1. The average molecular weight is 459 g/mol. The number of carbonyl (C=O) groups excluding carboxylic acids is 2. The van der Waals surface area contributed by atoms with E-state index < -0.39 is 5.92 Å². The molecule has 0 spiro atoms. The van der Waals surface area contributed by atoms with Crippen LogP contribution in [0.15, 0.2) is 70.6 Å². The van der Waals surface area contributed by atoms with Crippen molar-refractivity contribution < 1.29 is 14.1 Å². The first-order valence-electron chi connectivity index (χ1n) is 10.8. The molecule has 5 rings (SSSR count). The highest BCUT2D eigenvalue weighted by molar-refractivity contribution is 7.13. The molecule has 1 aliphatic rings. The van der Waals surface area contributed by atoms with E-state index in [4.69, 9.17) is 4.52 Å². The van der Waals surface area contributed by atoms with Crippen molar-refractivity contribution in [3.63, 3.8) is 0 Å². The van der Waals surface area contributed by atoms with Crippen LogP contribution in [0.5, 0.6) is 0 Å². The number of amides is 2. The van der Waals surface area contributed by atoms with Gasteiger partial charge in [0.15, 0.2) is 0 Å². The van der Waals surface area contributed by atoms with E-state index in [1.807, 2.05) is 66.0 Å². The maximum absolute atomic E-state index is 12.8. The molecule has 166 valence electrons. The van der Waals surface area contributed by atoms with E-state index in [0.29, 0.717) is 23.9 Å². The van der Waals surface area contributed by atoms with Crippen molar-refractivity contribution in [3.8, 4) is 22.2 Å². The molecule has 0 aliphatic carbocycles. The molecule has 1 atom stereocenters. The second kappa shape index (κ2) is 8.99. The third-order valence-electron chi connectivity index (χ3n) is 5.70. The zero-order valence-electron chi connectivity index (χ0n) is 18.0. The van der Waals surface area contributed by atoms with Gasteiger partial charge in [0.1, 0.15) is 0 Å². The van der Waals surface area contributed by atoms with Crippen molar-refractivity contribution in [1.82, 2.24) is 10.1 Å². The zero-order chi connectivity index (χ0) is 22.8. The lowest BCUT2D eigenvalue weighted by Gasteiger charge is -2.17. The van der Waals surface area contributed by atoms with Crippen LogP contribution in [-0.4, -0.2) is 28.5 Å². The molecular formula is C25H22N4O3S. The second-order valence-corrected chi connectivity index (χ2v) is 8.84. The Morgan fingerprint density at radius 2 is 2.03 bits per heavy atom. The van der Waals surface area contributed by atoms with Gasteiger partial charge in [0.25, 0.3) is 5.89 Å². The first kappa shape index (κ1) is 21.1. The highest BCUT2D eigenvalue weighted by Crippen LogP contribution is 2.30. The van der Waals surface area contributed by atoms with E-state index in [0.717, 1.165) is 22.5 Å². The second-order valence-electron chi connectivity index (χ2n) is 7.90. The van der Waals surface area contributed by atoms with Crippen molar-refractivity contribution in [2.24, 2.45) is 5.92 Å². The summed E-state index contributed by atoms with van der Waals surface area (Å²) in [5.74, 6) is 0.275. The lowest BCUT2D eigenvalue weighted by molar-refractivity contribution is -0.122. The number of carbonyl (C=O) groups is 2. The van der Waals surface area contributed by atoms with Gasteiger partial charge in [-0.3, -0.25) is 9.59 Å². The number of hydrogen-bond acceptors (Lipinski definition) is 6. The van der Waals surface area contributed by atoms with Crippen LogP contribution in [-0.2, 0) is 16.0 Å². The topological polar surface area (TPSA) is 88.3 Å². The highest BCUT2D eigenvalue weighted by atomic mass is 32.1. The maximum atomic E-state index is 12.8. The average Bonchev–Trinajstić information content (AvgIpc) is 3.60. The fourth-order valence-electron chi connectivity index (χ4n) is 3.85. The molecule has 33 heavy (non-hydrogen) atoms. The van der Waals surface area contributed by atoms with Crippen molar-refractivity contribution in [2.75, 3.05) is 16.8 Å². The molecule has 1 saturated heterocycles. The van der Waals surface area contributed by atoms with Gasteiger partial charge in [-0.15, -0.1) is 11.3 Å². The number of benzene rings is 2. The fourth-order valence-corrected chi connectivity index (χ4v) is 4.50. The summed E-state index contributed by atoms with van der Waals surface area (Å²) in [6, 6.07) is 19.0. The van der Waals surface area contributed by atoms with Crippen LogP contribution in [0.1, 0.15) is 18.9 Å². The Balaban J connectivity index is 1.30. The predicted molar refractivity (Wildman–Crippen MR) is 128 cm³/mol. The van der Waals surface area contributed by atoms with Crippen molar-refractivity contribution in [2.45, 2.75) is 19.8 Å². The van der Waals surface area contributed by atoms with E-state index in [9.17, 15) is 9.59 Å². The Morgan fingerprint density at radius 3 is 2.79 bits per heavy atom. The van der Waals surface area contributed by atoms with Crippen molar-refractivity contribution in [1.29, 1.82) is 0 Å². The highest BCUT2D eigenvalue weighted by Gasteiger charge is 2.35. The number of nitrogens with one attached hydrogen (secondary N) is 1. The molecule has 8 heteroatoms. The first-order valence-corrected chi connectivity index (χ1v) is 11.7. The number of anilines is 2. The summed E-state index contributed by atoms with van der Waals surface area (Å²) < 4.78 is 5.39. The van der Waals surface area contributed by atoms with Crippen LogP contribution in [0.2, 0.25) is 0 Å². The van der Waals surface area contributed by atoms with Gasteiger partial charge in [0, 0.05) is 29.9 Å². The molecule has 0 saturated carbocycles. The quantitative estimate of drug-likeness (QED) is 0.438. The number of rotatable bonds is 6. The number of hydrogen-bond donors (Lipinski definition) is 1. The van der Waals surface area contributed by atoms with Crippen LogP contribution in [0.3, 0.4) is 0 Å². The van der Waals surface area contributed by atoms with Crippen molar-refractivity contribution >= 4 is 34.5 Å². The third kappa shape index (κ3) is 4.42. The van der Waals surface area contributed by atoms with Gasteiger partial charge in [-0.05, 0) is 47.7 Å². The molecule has 2 aromatic heterocycles. The molecule has 2 amide bonds. The van der Waals surface area contributed by atoms with Crippen LogP contribution >= 0.6 is 11.3 Å². The van der Waals surface area contributed by atoms with Gasteiger partial charge in [-0.1, -0.05) is 42.4 Å². The summed E-state index contributed by atoms with van der Waals surface area (Å²) in [4.78, 5) is 32.5. The summed E-state index contributed by atoms with van der Waals surface area (Å²) in [5.41, 5.74) is 3.40. The lowest BCUT2D eigenvalue weighted by Crippen LogP contribution is -2.28. The maximum Gasteiger partial charge on any atom is 0.268 e. The summed E-state index contributed by atoms with van der Waals surface area (Å²) in [7, 11) is 0. The Bertz CT molecular complexity index is 1280. The molecule has 2 aromatic carbocycles. The fraction of sp³-hybridized carbons (Fsp3) is 0.200. The van der Waals surface area contributed by atoms with Crippen LogP contribution < -0.4 is 10.2 Å². The molecule has 3 heterocycles. The standard InChI is InChI=1S/C25H22N4O3S/c1-2-16-8-10-19(11-9-16)26-24(31)18-14-22(30)29(15-18)20-6-3-5-17(13-20)23-27-25(32-28-23)21-7-4-12-33-21/h3-13,18H,2,14-15H2,1H3,(H,26,31). The Labute approximate surface area is 195 Å². The Kier molecular flexibility index (Phi) is 5.75. The van der Waals surface area contributed by atoms with E-state index in [-0.39, 0.29) is 18.2 Å². The van der Waals surface area contributed by atoms with Crippen LogP contribution in [0.25, 0.3) is 22.2 Å². The van der Waals surface area contributed by atoms with Crippen molar-refractivity contribution in [3.05, 3.63) is 71.6 Å². The van der Waals surface area contributed by atoms with Crippen LogP contribution in [0.4, 0.5) is 11.4 Å². The van der Waals surface area contributed by atoms with Gasteiger partial charge in [-0.2, -0.15) is 4.98 Å². The molecular weight excluding hydrogens is 436 g/mol. The van der Waals surface area contributed by atoms with Gasteiger partial charge in [0.2, 0.25) is 17.6 Å². The minimum Gasteiger partial charge on any atom is -0.333 e. The van der Waals surface area contributed by atoms with Gasteiger partial charge >= 0.3 is 0 Å². The van der Waals surface area contributed by atoms with E-state index in [2.05, 4.69) is 22.4 Å². The third-order valence-corrected chi connectivity index (χ3v) is 6.56. The normalized spacial score (nSPS) is 15.7. The summed E-state index contributed by atoms with van der Waals surface area (Å²) in [6.07, 6.45) is 1.12. The monoisotopic (exact) mass is 458 g/mol. The molecule has 1 aliphatic heterocycles. The summed E-state index contributed by atoms with van der Waals surface area (Å²) in [5, 5.41) is 8.97. The minimum atomic E-state index is -0.414. The lowest BCUT2D eigenvalue weighted by atomic mass is 10.1. The molecule has 7 nitrogen and oxygen atoms in total. The molecule has 0 radical (unpaired) electrons.